The lowest BCUT2D eigenvalue weighted by Gasteiger charge is -2.34. The van der Waals surface area contributed by atoms with Gasteiger partial charge in [0, 0.05) is 22.6 Å². The summed E-state index contributed by atoms with van der Waals surface area (Å²) >= 11 is 24.9. The summed E-state index contributed by atoms with van der Waals surface area (Å²) in [4.78, 5) is 29.1. The van der Waals surface area contributed by atoms with Crippen LogP contribution in [0, 0.1) is 0 Å². The van der Waals surface area contributed by atoms with Crippen molar-refractivity contribution in [1.29, 1.82) is 0 Å². The quantitative estimate of drug-likeness (QED) is 0.231. The lowest BCUT2D eigenvalue weighted by atomic mass is 10.1. The van der Waals surface area contributed by atoms with Gasteiger partial charge in [-0.05, 0) is 67.3 Å². The van der Waals surface area contributed by atoms with Crippen molar-refractivity contribution in [2.45, 2.75) is 62.6 Å². The minimum absolute atomic E-state index is 0.00183. The van der Waals surface area contributed by atoms with Crippen LogP contribution < -0.4 is 9.62 Å². The van der Waals surface area contributed by atoms with Crippen LogP contribution in [0.2, 0.25) is 20.1 Å². The smallest absolute Gasteiger partial charge is 0.264 e. The Labute approximate surface area is 266 Å². The largest absolute Gasteiger partial charge is 0.352 e. The fourth-order valence-electron chi connectivity index (χ4n) is 5.05. The van der Waals surface area contributed by atoms with Crippen molar-refractivity contribution in [1.82, 2.24) is 10.2 Å². The van der Waals surface area contributed by atoms with E-state index < -0.39 is 28.5 Å². The van der Waals surface area contributed by atoms with Gasteiger partial charge in [0.05, 0.1) is 20.6 Å². The fourth-order valence-corrected chi connectivity index (χ4v) is 7.31. The van der Waals surface area contributed by atoms with E-state index in [0.717, 1.165) is 30.0 Å². The Morgan fingerprint density at radius 2 is 1.55 bits per heavy atom. The summed E-state index contributed by atoms with van der Waals surface area (Å²) < 4.78 is 28.8. The van der Waals surface area contributed by atoms with Crippen LogP contribution in [-0.2, 0) is 26.2 Å². The van der Waals surface area contributed by atoms with Gasteiger partial charge in [-0.2, -0.15) is 0 Å². The minimum atomic E-state index is -4.24. The highest BCUT2D eigenvalue weighted by atomic mass is 35.5. The molecule has 12 heteroatoms. The number of benzene rings is 3. The molecule has 1 fully saturated rings. The van der Waals surface area contributed by atoms with Crippen molar-refractivity contribution in [3.63, 3.8) is 0 Å². The maximum Gasteiger partial charge on any atom is 0.264 e. The lowest BCUT2D eigenvalue weighted by Crippen LogP contribution is -2.53. The van der Waals surface area contributed by atoms with Crippen LogP contribution in [0.15, 0.2) is 71.6 Å². The summed E-state index contributed by atoms with van der Waals surface area (Å²) in [5.74, 6) is -0.883. The summed E-state index contributed by atoms with van der Waals surface area (Å²) in [6.45, 7) is 1.20. The molecule has 0 heterocycles. The van der Waals surface area contributed by atoms with Gasteiger partial charge in [0.15, 0.2) is 0 Å². The molecular formula is C30H31Cl4N3O4S. The van der Waals surface area contributed by atoms with Crippen molar-refractivity contribution < 1.29 is 18.0 Å². The second kappa shape index (κ2) is 14.3. The first-order valence-electron chi connectivity index (χ1n) is 13.6. The molecule has 42 heavy (non-hydrogen) atoms. The number of nitrogens with zero attached hydrogens (tertiary/aromatic N) is 2. The molecule has 0 aliphatic heterocycles. The monoisotopic (exact) mass is 669 g/mol. The van der Waals surface area contributed by atoms with Gasteiger partial charge >= 0.3 is 0 Å². The summed E-state index contributed by atoms with van der Waals surface area (Å²) in [6, 6.07) is 16.2. The van der Waals surface area contributed by atoms with Gasteiger partial charge in [0.2, 0.25) is 11.8 Å². The molecule has 1 N–H and O–H groups in total. The van der Waals surface area contributed by atoms with Crippen LogP contribution in [0.1, 0.15) is 44.6 Å². The van der Waals surface area contributed by atoms with Gasteiger partial charge in [0.25, 0.3) is 10.0 Å². The zero-order valence-corrected chi connectivity index (χ0v) is 26.7. The first-order chi connectivity index (χ1) is 20.0. The molecular weight excluding hydrogens is 640 g/mol. The standard InChI is InChI=1S/C30H31Cl4N3O4S/c1-2-28(30(39)35-23-8-6-7-9-23)36(18-20-12-13-26(33)27(34)14-20)29(38)19-37(24-16-21(31)15-22(32)17-24)42(40,41)25-10-4-3-5-11-25/h3-5,10-17,23,28H,2,6-9,18-19H2,1H3,(H,35,39). The fraction of sp³-hybridized carbons (Fsp3) is 0.333. The first kappa shape index (κ1) is 32.4. The normalized spacial score (nSPS) is 14.4. The maximum atomic E-state index is 14.2. The predicted octanol–water partition coefficient (Wildman–Crippen LogP) is 7.36. The first-order valence-corrected chi connectivity index (χ1v) is 16.5. The molecule has 7 nitrogen and oxygen atoms in total. The average molecular weight is 671 g/mol. The molecule has 1 aliphatic carbocycles. The van der Waals surface area contributed by atoms with Crippen LogP contribution in [0.3, 0.4) is 0 Å². The number of anilines is 1. The van der Waals surface area contributed by atoms with E-state index in [-0.39, 0.29) is 39.1 Å². The number of hydrogen-bond donors (Lipinski definition) is 1. The van der Waals surface area contributed by atoms with Crippen molar-refractivity contribution in [2.24, 2.45) is 0 Å². The Balaban J connectivity index is 1.74. The summed E-state index contributed by atoms with van der Waals surface area (Å²) in [6.07, 6.45) is 4.12. The van der Waals surface area contributed by atoms with Crippen molar-refractivity contribution in [2.75, 3.05) is 10.8 Å². The second-order valence-corrected chi connectivity index (χ2v) is 13.7. The Bertz CT molecular complexity index is 1510. The topological polar surface area (TPSA) is 86.8 Å². The molecule has 2 amide bonds. The van der Waals surface area contributed by atoms with Crippen molar-refractivity contribution >= 4 is 73.9 Å². The molecule has 0 radical (unpaired) electrons. The van der Waals surface area contributed by atoms with Crippen LogP contribution >= 0.6 is 46.4 Å². The van der Waals surface area contributed by atoms with E-state index in [2.05, 4.69) is 5.32 Å². The maximum absolute atomic E-state index is 14.2. The summed E-state index contributed by atoms with van der Waals surface area (Å²) in [7, 11) is -4.24. The third kappa shape index (κ3) is 7.91. The predicted molar refractivity (Wildman–Crippen MR) is 169 cm³/mol. The number of amides is 2. The van der Waals surface area contributed by atoms with Crippen LogP contribution in [0.5, 0.6) is 0 Å². The van der Waals surface area contributed by atoms with E-state index in [0.29, 0.717) is 22.0 Å². The molecule has 3 aromatic rings. The highest BCUT2D eigenvalue weighted by Gasteiger charge is 2.34. The highest BCUT2D eigenvalue weighted by Crippen LogP contribution is 2.31. The zero-order chi connectivity index (χ0) is 30.4. The van der Waals surface area contributed by atoms with Crippen LogP contribution in [0.4, 0.5) is 5.69 Å². The molecule has 3 aromatic carbocycles. The van der Waals surface area contributed by atoms with E-state index in [4.69, 9.17) is 46.4 Å². The lowest BCUT2D eigenvalue weighted by molar-refractivity contribution is -0.140. The Kier molecular flexibility index (Phi) is 11.1. The molecule has 0 saturated heterocycles. The summed E-state index contributed by atoms with van der Waals surface area (Å²) in [5.41, 5.74) is 0.746. The van der Waals surface area contributed by atoms with E-state index >= 15 is 0 Å². The second-order valence-electron chi connectivity index (χ2n) is 10.1. The number of nitrogens with one attached hydrogen (secondary N) is 1. The van der Waals surface area contributed by atoms with Gasteiger partial charge in [-0.3, -0.25) is 13.9 Å². The third-order valence-electron chi connectivity index (χ3n) is 7.17. The molecule has 224 valence electrons. The molecule has 1 atom stereocenters. The Morgan fingerprint density at radius 3 is 2.14 bits per heavy atom. The number of carbonyl (C=O) groups excluding carboxylic acids is 2. The summed E-state index contributed by atoms with van der Waals surface area (Å²) in [5, 5.41) is 4.13. The van der Waals surface area contributed by atoms with Crippen LogP contribution in [0.25, 0.3) is 0 Å². The molecule has 1 unspecified atom stereocenters. The van der Waals surface area contributed by atoms with Gasteiger partial charge in [-0.25, -0.2) is 8.42 Å². The number of sulfonamides is 1. The highest BCUT2D eigenvalue weighted by molar-refractivity contribution is 7.92. The molecule has 0 aromatic heterocycles. The van der Waals surface area contributed by atoms with E-state index in [9.17, 15) is 18.0 Å². The zero-order valence-electron chi connectivity index (χ0n) is 22.9. The molecule has 1 saturated carbocycles. The van der Waals surface area contributed by atoms with Crippen molar-refractivity contribution in [3.05, 3.63) is 92.4 Å². The van der Waals surface area contributed by atoms with Gasteiger partial charge < -0.3 is 10.2 Å². The number of halogens is 4. The molecule has 4 rings (SSSR count). The van der Waals surface area contributed by atoms with Crippen molar-refractivity contribution in [3.8, 4) is 0 Å². The van der Waals surface area contributed by atoms with Gasteiger partial charge in [-0.1, -0.05) is 90.4 Å². The van der Waals surface area contributed by atoms with Gasteiger partial charge in [0.1, 0.15) is 12.6 Å². The number of carbonyl (C=O) groups is 2. The van der Waals surface area contributed by atoms with E-state index in [1.54, 1.807) is 36.4 Å². The van der Waals surface area contributed by atoms with Gasteiger partial charge in [-0.15, -0.1) is 0 Å². The number of rotatable bonds is 11. The number of hydrogen-bond acceptors (Lipinski definition) is 4. The van der Waals surface area contributed by atoms with Crippen LogP contribution in [-0.4, -0.2) is 43.8 Å². The SMILES string of the molecule is CCC(C(=O)NC1CCCC1)N(Cc1ccc(Cl)c(Cl)c1)C(=O)CN(c1cc(Cl)cc(Cl)c1)S(=O)(=O)c1ccccc1. The molecule has 1 aliphatic rings. The molecule has 0 spiro atoms. The molecule has 0 bridgehead atoms. The Hall–Kier alpha value is -2.49. The Morgan fingerprint density at radius 1 is 0.905 bits per heavy atom. The van der Waals surface area contributed by atoms with E-state index in [1.165, 1.54) is 35.2 Å². The third-order valence-corrected chi connectivity index (χ3v) is 10.1. The average Bonchev–Trinajstić information content (AvgIpc) is 3.46. The van der Waals surface area contributed by atoms with E-state index in [1.807, 2.05) is 6.92 Å². The minimum Gasteiger partial charge on any atom is -0.352 e.